The molecule has 2 heterocycles. The summed E-state index contributed by atoms with van der Waals surface area (Å²) in [4.78, 5) is 8.49. The number of rotatable bonds is 4. The lowest BCUT2D eigenvalue weighted by Crippen LogP contribution is -2.30. The maximum atomic E-state index is 5.65. The van der Waals surface area contributed by atoms with Gasteiger partial charge in [-0.05, 0) is 35.7 Å². The lowest BCUT2D eigenvalue weighted by Gasteiger charge is -2.21. The molecule has 0 saturated carbocycles. The van der Waals surface area contributed by atoms with Crippen molar-refractivity contribution in [2.45, 2.75) is 31.9 Å². The Morgan fingerprint density at radius 1 is 1.59 bits per heavy atom. The number of anilines is 2. The minimum atomic E-state index is 0.244. The molecule has 2 N–H and O–H groups in total. The van der Waals surface area contributed by atoms with E-state index >= 15 is 0 Å². The normalized spacial score (nSPS) is 21.2. The predicted octanol–water partition coefficient (Wildman–Crippen LogP) is 2.26. The molecule has 1 saturated heterocycles. The zero-order valence-corrected chi connectivity index (χ0v) is 11.6. The van der Waals surface area contributed by atoms with E-state index in [2.05, 4.69) is 43.5 Å². The average Bonchev–Trinajstić information content (AvgIpc) is 2.85. The number of halogens is 1. The summed E-state index contributed by atoms with van der Waals surface area (Å²) in [5.41, 5.74) is 0. The molecule has 5 nitrogen and oxygen atoms in total. The first-order valence-electron chi connectivity index (χ1n) is 5.79. The molecule has 1 aromatic heterocycles. The molecule has 1 aromatic rings. The largest absolute Gasteiger partial charge is 0.376 e. The van der Waals surface area contributed by atoms with E-state index in [-0.39, 0.29) is 12.1 Å². The van der Waals surface area contributed by atoms with Crippen LogP contribution < -0.4 is 10.6 Å². The minimum absolute atomic E-state index is 0.244. The quantitative estimate of drug-likeness (QED) is 0.893. The summed E-state index contributed by atoms with van der Waals surface area (Å²) in [7, 11) is 1.80. The van der Waals surface area contributed by atoms with Gasteiger partial charge in [0.1, 0.15) is 5.82 Å². The van der Waals surface area contributed by atoms with Gasteiger partial charge in [-0.25, -0.2) is 4.98 Å². The molecular formula is C11H17BrN4O. The number of hydrogen-bond donors (Lipinski definition) is 2. The monoisotopic (exact) mass is 300 g/mol. The molecule has 6 heteroatoms. The number of aromatic nitrogens is 2. The Morgan fingerprint density at radius 3 is 3.06 bits per heavy atom. The SMILES string of the molecule is CNc1ncc(Br)c(NC(C)C2CCCO2)n1. The standard InChI is InChI=1S/C11H17BrN4O/c1-7(9-4-3-5-17-9)15-10-8(12)6-14-11(13-2)16-10/h6-7,9H,3-5H2,1-2H3,(H2,13,14,15,16). The first-order valence-corrected chi connectivity index (χ1v) is 6.58. The van der Waals surface area contributed by atoms with Crippen molar-refractivity contribution in [1.82, 2.24) is 9.97 Å². The molecular weight excluding hydrogens is 284 g/mol. The molecule has 0 aliphatic carbocycles. The molecule has 2 atom stereocenters. The molecule has 0 spiro atoms. The Balaban J connectivity index is 2.06. The van der Waals surface area contributed by atoms with Gasteiger partial charge in [0, 0.05) is 19.9 Å². The van der Waals surface area contributed by atoms with Crippen molar-refractivity contribution in [2.24, 2.45) is 0 Å². The third-order valence-electron chi connectivity index (χ3n) is 2.85. The molecule has 0 bridgehead atoms. The molecule has 17 heavy (non-hydrogen) atoms. The van der Waals surface area contributed by atoms with Gasteiger partial charge in [-0.3, -0.25) is 0 Å². The molecule has 1 fully saturated rings. The van der Waals surface area contributed by atoms with Gasteiger partial charge in [0.15, 0.2) is 0 Å². The highest BCUT2D eigenvalue weighted by molar-refractivity contribution is 9.10. The molecule has 2 unspecified atom stereocenters. The van der Waals surface area contributed by atoms with Crippen molar-refractivity contribution < 1.29 is 4.74 Å². The Morgan fingerprint density at radius 2 is 2.41 bits per heavy atom. The highest BCUT2D eigenvalue weighted by Gasteiger charge is 2.23. The Kier molecular flexibility index (Phi) is 4.17. The van der Waals surface area contributed by atoms with E-state index in [1.54, 1.807) is 13.2 Å². The van der Waals surface area contributed by atoms with Gasteiger partial charge in [-0.2, -0.15) is 4.98 Å². The Hall–Kier alpha value is -0.880. The molecule has 0 amide bonds. The van der Waals surface area contributed by atoms with Crippen LogP contribution in [0.2, 0.25) is 0 Å². The maximum Gasteiger partial charge on any atom is 0.224 e. The van der Waals surface area contributed by atoms with Crippen LogP contribution in [-0.2, 0) is 4.74 Å². The van der Waals surface area contributed by atoms with E-state index in [1.165, 1.54) is 0 Å². The van der Waals surface area contributed by atoms with Crippen LogP contribution in [-0.4, -0.2) is 35.8 Å². The van der Waals surface area contributed by atoms with Crippen LogP contribution >= 0.6 is 15.9 Å². The summed E-state index contributed by atoms with van der Waals surface area (Å²) in [5, 5.41) is 6.29. The summed E-state index contributed by atoms with van der Waals surface area (Å²) in [6.07, 6.45) is 4.26. The van der Waals surface area contributed by atoms with Crippen molar-refractivity contribution in [2.75, 3.05) is 24.3 Å². The number of nitrogens with one attached hydrogen (secondary N) is 2. The summed E-state index contributed by atoms with van der Waals surface area (Å²) in [5.74, 6) is 1.41. The second kappa shape index (κ2) is 5.64. The second-order valence-corrected chi connectivity index (χ2v) is 4.98. The van der Waals surface area contributed by atoms with Gasteiger partial charge >= 0.3 is 0 Å². The van der Waals surface area contributed by atoms with E-state index in [9.17, 15) is 0 Å². The topological polar surface area (TPSA) is 59.1 Å². The van der Waals surface area contributed by atoms with Crippen molar-refractivity contribution in [1.29, 1.82) is 0 Å². The summed E-state index contributed by atoms with van der Waals surface area (Å²) >= 11 is 3.44. The maximum absolute atomic E-state index is 5.65. The second-order valence-electron chi connectivity index (χ2n) is 4.12. The lowest BCUT2D eigenvalue weighted by molar-refractivity contribution is 0.0995. The summed E-state index contributed by atoms with van der Waals surface area (Å²) < 4.78 is 6.51. The van der Waals surface area contributed by atoms with Crippen molar-refractivity contribution in [3.8, 4) is 0 Å². The zero-order valence-electron chi connectivity index (χ0n) is 10.0. The fourth-order valence-electron chi connectivity index (χ4n) is 1.89. The number of nitrogens with zero attached hydrogens (tertiary/aromatic N) is 2. The van der Waals surface area contributed by atoms with Crippen LogP contribution in [0.25, 0.3) is 0 Å². The van der Waals surface area contributed by atoms with E-state index in [0.29, 0.717) is 5.95 Å². The molecule has 0 aromatic carbocycles. The predicted molar refractivity (Wildman–Crippen MR) is 71.3 cm³/mol. The smallest absolute Gasteiger partial charge is 0.224 e. The average molecular weight is 301 g/mol. The summed E-state index contributed by atoms with van der Waals surface area (Å²) in [6, 6.07) is 0.244. The molecule has 1 aliphatic heterocycles. The van der Waals surface area contributed by atoms with Crippen LogP contribution in [0.5, 0.6) is 0 Å². The third-order valence-corrected chi connectivity index (χ3v) is 3.44. The fourth-order valence-corrected chi connectivity index (χ4v) is 2.20. The van der Waals surface area contributed by atoms with Gasteiger partial charge < -0.3 is 15.4 Å². The highest BCUT2D eigenvalue weighted by atomic mass is 79.9. The van der Waals surface area contributed by atoms with Gasteiger partial charge in [0.2, 0.25) is 5.95 Å². The Bertz CT molecular complexity index is 382. The van der Waals surface area contributed by atoms with E-state index in [4.69, 9.17) is 4.74 Å². The van der Waals surface area contributed by atoms with Gasteiger partial charge in [0.05, 0.1) is 16.6 Å². The molecule has 2 rings (SSSR count). The van der Waals surface area contributed by atoms with Gasteiger partial charge in [-0.15, -0.1) is 0 Å². The number of hydrogen-bond acceptors (Lipinski definition) is 5. The Labute approximate surface area is 110 Å². The zero-order chi connectivity index (χ0) is 12.3. The van der Waals surface area contributed by atoms with E-state index in [1.807, 2.05) is 0 Å². The third kappa shape index (κ3) is 3.07. The van der Waals surface area contributed by atoms with Crippen LogP contribution in [0.4, 0.5) is 11.8 Å². The molecule has 94 valence electrons. The van der Waals surface area contributed by atoms with Crippen LogP contribution in [0.15, 0.2) is 10.7 Å². The van der Waals surface area contributed by atoms with Crippen LogP contribution in [0.3, 0.4) is 0 Å². The van der Waals surface area contributed by atoms with Crippen molar-refractivity contribution in [3.05, 3.63) is 10.7 Å². The first-order chi connectivity index (χ1) is 8.20. The number of ether oxygens (including phenoxy) is 1. The summed E-state index contributed by atoms with van der Waals surface area (Å²) in [6.45, 7) is 2.98. The van der Waals surface area contributed by atoms with Crippen molar-refractivity contribution >= 4 is 27.7 Å². The van der Waals surface area contributed by atoms with E-state index < -0.39 is 0 Å². The van der Waals surface area contributed by atoms with Crippen molar-refractivity contribution in [3.63, 3.8) is 0 Å². The lowest BCUT2D eigenvalue weighted by atomic mass is 10.1. The minimum Gasteiger partial charge on any atom is -0.376 e. The van der Waals surface area contributed by atoms with Crippen LogP contribution in [0, 0.1) is 0 Å². The molecule has 0 radical (unpaired) electrons. The molecule has 1 aliphatic rings. The van der Waals surface area contributed by atoms with Gasteiger partial charge in [-0.1, -0.05) is 0 Å². The first kappa shape index (κ1) is 12.6. The highest BCUT2D eigenvalue weighted by Crippen LogP contribution is 2.23. The van der Waals surface area contributed by atoms with Crippen LogP contribution in [0.1, 0.15) is 19.8 Å². The van der Waals surface area contributed by atoms with Gasteiger partial charge in [0.25, 0.3) is 0 Å². The van der Waals surface area contributed by atoms with E-state index in [0.717, 1.165) is 29.7 Å². The fraction of sp³-hybridized carbons (Fsp3) is 0.636.